The zero-order valence-corrected chi connectivity index (χ0v) is 10.1. The highest BCUT2D eigenvalue weighted by atomic mass is 16.5. The van der Waals surface area contributed by atoms with Crippen molar-refractivity contribution in [1.82, 2.24) is 14.9 Å². The molecule has 0 bridgehead atoms. The Balaban J connectivity index is 1.66. The summed E-state index contributed by atoms with van der Waals surface area (Å²) in [5, 5.41) is 0. The molecule has 1 aromatic rings. The highest BCUT2D eigenvalue weighted by Crippen LogP contribution is 2.21. The van der Waals surface area contributed by atoms with E-state index < -0.39 is 0 Å². The SMILES string of the molecule is CC1CN(C2COC2)CCN1c1cncnc1. The standard InChI is InChI=1S/C12H18N4O/c1-10-6-15(12-7-17-8-12)2-3-16(10)11-4-13-9-14-5-11/h4-5,9-10,12H,2-3,6-8H2,1H3. The zero-order chi connectivity index (χ0) is 11.7. The molecule has 2 fully saturated rings. The Labute approximate surface area is 101 Å². The first-order chi connectivity index (χ1) is 8.34. The van der Waals surface area contributed by atoms with Crippen molar-refractivity contribution in [3.05, 3.63) is 18.7 Å². The molecule has 17 heavy (non-hydrogen) atoms. The van der Waals surface area contributed by atoms with Crippen molar-refractivity contribution >= 4 is 5.69 Å². The molecular weight excluding hydrogens is 216 g/mol. The van der Waals surface area contributed by atoms with E-state index in [1.807, 2.05) is 12.4 Å². The molecule has 0 aromatic carbocycles. The molecule has 1 atom stereocenters. The minimum Gasteiger partial charge on any atom is -0.378 e. The molecule has 5 nitrogen and oxygen atoms in total. The second kappa shape index (κ2) is 4.58. The van der Waals surface area contributed by atoms with Crippen molar-refractivity contribution in [2.75, 3.05) is 37.7 Å². The molecule has 0 saturated carbocycles. The number of piperazine rings is 1. The van der Waals surface area contributed by atoms with E-state index in [2.05, 4.69) is 26.7 Å². The van der Waals surface area contributed by atoms with Crippen molar-refractivity contribution in [2.45, 2.75) is 19.0 Å². The van der Waals surface area contributed by atoms with Crippen LogP contribution in [-0.2, 0) is 4.74 Å². The maximum absolute atomic E-state index is 5.26. The number of anilines is 1. The average molecular weight is 234 g/mol. The van der Waals surface area contributed by atoms with Gasteiger partial charge in [0.1, 0.15) is 6.33 Å². The van der Waals surface area contributed by atoms with Crippen molar-refractivity contribution in [3.8, 4) is 0 Å². The van der Waals surface area contributed by atoms with Crippen molar-refractivity contribution < 1.29 is 4.74 Å². The largest absolute Gasteiger partial charge is 0.378 e. The smallest absolute Gasteiger partial charge is 0.115 e. The quantitative estimate of drug-likeness (QED) is 0.740. The van der Waals surface area contributed by atoms with E-state index in [9.17, 15) is 0 Å². The Kier molecular flexibility index (Phi) is 2.94. The minimum atomic E-state index is 0.510. The molecule has 5 heteroatoms. The molecule has 0 N–H and O–H groups in total. The van der Waals surface area contributed by atoms with Gasteiger partial charge in [-0.1, -0.05) is 0 Å². The first-order valence-corrected chi connectivity index (χ1v) is 6.18. The van der Waals surface area contributed by atoms with Gasteiger partial charge in [-0.15, -0.1) is 0 Å². The summed E-state index contributed by atoms with van der Waals surface area (Å²) in [7, 11) is 0. The number of rotatable bonds is 2. The molecule has 2 saturated heterocycles. The van der Waals surface area contributed by atoms with E-state index >= 15 is 0 Å². The highest BCUT2D eigenvalue weighted by Gasteiger charge is 2.32. The third-order valence-electron chi connectivity index (χ3n) is 3.67. The first kappa shape index (κ1) is 10.9. The van der Waals surface area contributed by atoms with Crippen molar-refractivity contribution in [1.29, 1.82) is 0 Å². The lowest BCUT2D eigenvalue weighted by atomic mass is 10.1. The maximum Gasteiger partial charge on any atom is 0.115 e. The summed E-state index contributed by atoms with van der Waals surface area (Å²) < 4.78 is 5.26. The predicted octanol–water partition coefficient (Wildman–Crippen LogP) is 0.386. The van der Waals surface area contributed by atoms with Gasteiger partial charge in [-0.05, 0) is 6.92 Å². The van der Waals surface area contributed by atoms with Gasteiger partial charge in [-0.25, -0.2) is 9.97 Å². The van der Waals surface area contributed by atoms with E-state index in [1.165, 1.54) is 0 Å². The van der Waals surface area contributed by atoms with Crippen LogP contribution in [0.25, 0.3) is 0 Å². The molecule has 0 spiro atoms. The fraction of sp³-hybridized carbons (Fsp3) is 0.667. The van der Waals surface area contributed by atoms with Gasteiger partial charge >= 0.3 is 0 Å². The number of hydrogen-bond donors (Lipinski definition) is 0. The molecule has 2 aliphatic heterocycles. The van der Waals surface area contributed by atoms with Crippen LogP contribution in [0.5, 0.6) is 0 Å². The van der Waals surface area contributed by atoms with Crippen LogP contribution in [0.15, 0.2) is 18.7 Å². The normalized spacial score (nSPS) is 26.9. The van der Waals surface area contributed by atoms with Gasteiger partial charge < -0.3 is 9.64 Å². The summed E-state index contributed by atoms with van der Waals surface area (Å²) in [5.41, 5.74) is 1.13. The van der Waals surface area contributed by atoms with Gasteiger partial charge in [0.2, 0.25) is 0 Å². The van der Waals surface area contributed by atoms with E-state index in [-0.39, 0.29) is 0 Å². The zero-order valence-electron chi connectivity index (χ0n) is 10.1. The molecule has 1 unspecified atom stereocenters. The van der Waals surface area contributed by atoms with Gasteiger partial charge in [0, 0.05) is 25.7 Å². The lowest BCUT2D eigenvalue weighted by Crippen LogP contribution is -2.59. The van der Waals surface area contributed by atoms with E-state index in [1.54, 1.807) is 6.33 Å². The van der Waals surface area contributed by atoms with Crippen molar-refractivity contribution in [2.24, 2.45) is 0 Å². The fourth-order valence-corrected chi connectivity index (χ4v) is 2.57. The molecule has 3 rings (SSSR count). The van der Waals surface area contributed by atoms with Gasteiger partial charge in [0.05, 0.1) is 37.3 Å². The third-order valence-corrected chi connectivity index (χ3v) is 3.67. The Morgan fingerprint density at radius 3 is 2.59 bits per heavy atom. The van der Waals surface area contributed by atoms with Crippen molar-refractivity contribution in [3.63, 3.8) is 0 Å². The molecule has 0 amide bonds. The number of ether oxygens (including phenoxy) is 1. The van der Waals surface area contributed by atoms with Crippen LogP contribution < -0.4 is 4.90 Å². The molecule has 1 aromatic heterocycles. The molecule has 2 aliphatic rings. The molecule has 92 valence electrons. The third kappa shape index (κ3) is 2.12. The molecule has 3 heterocycles. The number of nitrogens with zero attached hydrogens (tertiary/aromatic N) is 4. The Bertz CT molecular complexity index is 368. The van der Waals surface area contributed by atoms with Crippen LogP contribution in [0.4, 0.5) is 5.69 Å². The second-order valence-corrected chi connectivity index (χ2v) is 4.83. The number of hydrogen-bond acceptors (Lipinski definition) is 5. The Hall–Kier alpha value is -1.20. The summed E-state index contributed by atoms with van der Waals surface area (Å²) in [6, 6.07) is 1.15. The van der Waals surface area contributed by atoms with Gasteiger partial charge in [-0.2, -0.15) is 0 Å². The van der Waals surface area contributed by atoms with Crippen LogP contribution in [0, 0.1) is 0 Å². The van der Waals surface area contributed by atoms with E-state index in [4.69, 9.17) is 4.74 Å². The fourth-order valence-electron chi connectivity index (χ4n) is 2.57. The van der Waals surface area contributed by atoms with Crippen LogP contribution in [0.1, 0.15) is 6.92 Å². The molecule has 0 radical (unpaired) electrons. The second-order valence-electron chi connectivity index (χ2n) is 4.83. The summed E-state index contributed by atoms with van der Waals surface area (Å²) in [6.07, 6.45) is 5.37. The topological polar surface area (TPSA) is 41.5 Å². The first-order valence-electron chi connectivity index (χ1n) is 6.18. The minimum absolute atomic E-state index is 0.510. The Morgan fingerprint density at radius 1 is 1.24 bits per heavy atom. The molecular formula is C12H18N4O. The van der Waals surface area contributed by atoms with E-state index in [0.717, 1.165) is 38.5 Å². The highest BCUT2D eigenvalue weighted by molar-refractivity contribution is 5.43. The summed E-state index contributed by atoms with van der Waals surface area (Å²) in [6.45, 7) is 7.32. The predicted molar refractivity (Wildman–Crippen MR) is 65.0 cm³/mol. The average Bonchev–Trinajstić information content (AvgIpc) is 2.28. The summed E-state index contributed by atoms with van der Waals surface area (Å²) in [4.78, 5) is 13.1. The van der Waals surface area contributed by atoms with Gasteiger partial charge in [0.15, 0.2) is 0 Å². The Morgan fingerprint density at radius 2 is 2.00 bits per heavy atom. The summed E-state index contributed by atoms with van der Waals surface area (Å²) in [5.74, 6) is 0. The lowest BCUT2D eigenvalue weighted by Gasteiger charge is -2.46. The monoisotopic (exact) mass is 234 g/mol. The molecule has 0 aliphatic carbocycles. The van der Waals surface area contributed by atoms with Crippen LogP contribution in [-0.4, -0.2) is 59.8 Å². The van der Waals surface area contributed by atoms with Gasteiger partial charge in [-0.3, -0.25) is 4.90 Å². The lowest BCUT2D eigenvalue weighted by molar-refractivity contribution is -0.0691. The van der Waals surface area contributed by atoms with Crippen LogP contribution >= 0.6 is 0 Å². The van der Waals surface area contributed by atoms with E-state index in [0.29, 0.717) is 12.1 Å². The number of aromatic nitrogens is 2. The maximum atomic E-state index is 5.26. The van der Waals surface area contributed by atoms with Crippen LogP contribution in [0.2, 0.25) is 0 Å². The summed E-state index contributed by atoms with van der Waals surface area (Å²) >= 11 is 0. The van der Waals surface area contributed by atoms with Gasteiger partial charge in [0.25, 0.3) is 0 Å². The van der Waals surface area contributed by atoms with Crippen LogP contribution in [0.3, 0.4) is 0 Å².